The summed E-state index contributed by atoms with van der Waals surface area (Å²) in [6, 6.07) is 0. The van der Waals surface area contributed by atoms with Gasteiger partial charge in [-0.1, -0.05) is 11.8 Å². The highest BCUT2D eigenvalue weighted by Gasteiger charge is 2.05. The number of thioether (sulfide) groups is 1. The van der Waals surface area contributed by atoms with Crippen LogP contribution in [0.2, 0.25) is 0 Å². The summed E-state index contributed by atoms with van der Waals surface area (Å²) in [5, 5.41) is 4.45. The first-order chi connectivity index (χ1) is 6.79. The SMILES string of the molecule is CSc1nc(N)nc(-n2cncn2)n1. The molecule has 0 aromatic carbocycles. The van der Waals surface area contributed by atoms with Crippen molar-refractivity contribution < 1.29 is 0 Å². The fourth-order valence-electron chi connectivity index (χ4n) is 0.866. The Balaban J connectivity index is 2.48. The third-order valence-electron chi connectivity index (χ3n) is 1.43. The minimum atomic E-state index is 0.176. The maximum Gasteiger partial charge on any atom is 0.257 e. The molecule has 0 aliphatic rings. The van der Waals surface area contributed by atoms with Crippen LogP contribution in [0.15, 0.2) is 17.8 Å². The van der Waals surface area contributed by atoms with E-state index < -0.39 is 0 Å². The van der Waals surface area contributed by atoms with Gasteiger partial charge in [0.2, 0.25) is 5.95 Å². The maximum atomic E-state index is 5.50. The average Bonchev–Trinajstić information content (AvgIpc) is 2.69. The van der Waals surface area contributed by atoms with Gasteiger partial charge in [-0.2, -0.15) is 24.7 Å². The van der Waals surface area contributed by atoms with Crippen molar-refractivity contribution in [2.45, 2.75) is 5.16 Å². The van der Waals surface area contributed by atoms with E-state index in [2.05, 4.69) is 25.0 Å². The number of aromatic nitrogens is 6. The standard InChI is InChI=1S/C6H7N7S/c1-14-6-11-4(7)10-5(12-6)13-3-8-2-9-13/h2-3H,1H3,(H2,7,10,11,12). The van der Waals surface area contributed by atoms with Crippen LogP contribution in [0, 0.1) is 0 Å². The monoisotopic (exact) mass is 209 g/mol. The minimum absolute atomic E-state index is 0.176. The molecule has 2 aromatic heterocycles. The van der Waals surface area contributed by atoms with Crippen LogP contribution in [0.1, 0.15) is 0 Å². The first-order valence-electron chi connectivity index (χ1n) is 3.70. The highest BCUT2D eigenvalue weighted by Crippen LogP contribution is 2.10. The Kier molecular flexibility index (Phi) is 2.27. The van der Waals surface area contributed by atoms with Crippen molar-refractivity contribution in [2.24, 2.45) is 0 Å². The molecule has 2 N–H and O–H groups in total. The molecule has 72 valence electrons. The number of nitrogen functional groups attached to an aromatic ring is 1. The van der Waals surface area contributed by atoms with Gasteiger partial charge in [-0.25, -0.2) is 4.98 Å². The van der Waals surface area contributed by atoms with Gasteiger partial charge < -0.3 is 5.73 Å². The molecule has 0 saturated heterocycles. The molecule has 7 nitrogen and oxygen atoms in total. The number of nitrogens with zero attached hydrogens (tertiary/aromatic N) is 6. The van der Waals surface area contributed by atoms with Crippen LogP contribution < -0.4 is 5.73 Å². The Labute approximate surface area is 83.8 Å². The normalized spacial score (nSPS) is 10.4. The molecule has 0 aliphatic carbocycles. The number of hydrogen-bond donors (Lipinski definition) is 1. The molecule has 0 aliphatic heterocycles. The van der Waals surface area contributed by atoms with Gasteiger partial charge in [0.25, 0.3) is 5.95 Å². The lowest BCUT2D eigenvalue weighted by Gasteiger charge is -2.00. The van der Waals surface area contributed by atoms with Crippen molar-refractivity contribution in [1.82, 2.24) is 29.7 Å². The molecular weight excluding hydrogens is 202 g/mol. The van der Waals surface area contributed by atoms with Gasteiger partial charge in [-0.05, 0) is 6.26 Å². The van der Waals surface area contributed by atoms with Crippen molar-refractivity contribution in [2.75, 3.05) is 12.0 Å². The van der Waals surface area contributed by atoms with E-state index in [1.807, 2.05) is 6.26 Å². The second-order valence-electron chi connectivity index (χ2n) is 2.32. The number of rotatable bonds is 2. The summed E-state index contributed by atoms with van der Waals surface area (Å²) >= 11 is 1.39. The van der Waals surface area contributed by atoms with Crippen molar-refractivity contribution in [3.8, 4) is 5.95 Å². The topological polar surface area (TPSA) is 95.4 Å². The highest BCUT2D eigenvalue weighted by molar-refractivity contribution is 7.98. The largest absolute Gasteiger partial charge is 0.368 e. The zero-order valence-corrected chi connectivity index (χ0v) is 8.14. The molecule has 0 spiro atoms. The zero-order chi connectivity index (χ0) is 9.97. The van der Waals surface area contributed by atoms with Gasteiger partial charge in [0, 0.05) is 0 Å². The number of nitrogens with two attached hydrogens (primary N) is 1. The molecule has 2 aromatic rings. The molecule has 0 fully saturated rings. The Morgan fingerprint density at radius 3 is 2.86 bits per heavy atom. The van der Waals surface area contributed by atoms with Gasteiger partial charge in [0.05, 0.1) is 0 Å². The van der Waals surface area contributed by atoms with Crippen molar-refractivity contribution in [1.29, 1.82) is 0 Å². The smallest absolute Gasteiger partial charge is 0.257 e. The van der Waals surface area contributed by atoms with E-state index in [0.29, 0.717) is 11.1 Å². The summed E-state index contributed by atoms with van der Waals surface area (Å²) in [6.07, 6.45) is 4.76. The lowest BCUT2D eigenvalue weighted by molar-refractivity contribution is 0.763. The second kappa shape index (κ2) is 3.58. The molecule has 0 amide bonds. The molecule has 2 rings (SSSR count). The van der Waals surface area contributed by atoms with E-state index in [4.69, 9.17) is 5.73 Å². The summed E-state index contributed by atoms with van der Waals surface area (Å²) in [5.41, 5.74) is 5.50. The Morgan fingerprint density at radius 2 is 2.21 bits per heavy atom. The van der Waals surface area contributed by atoms with Crippen LogP contribution in [0.4, 0.5) is 5.95 Å². The summed E-state index contributed by atoms with van der Waals surface area (Å²) in [5.74, 6) is 0.550. The minimum Gasteiger partial charge on any atom is -0.368 e. The second-order valence-corrected chi connectivity index (χ2v) is 3.09. The van der Waals surface area contributed by atoms with E-state index in [1.54, 1.807) is 0 Å². The first-order valence-corrected chi connectivity index (χ1v) is 4.92. The molecule has 2 heterocycles. The van der Waals surface area contributed by atoms with Gasteiger partial charge >= 0.3 is 0 Å². The van der Waals surface area contributed by atoms with Gasteiger partial charge in [0.1, 0.15) is 12.7 Å². The fraction of sp³-hybridized carbons (Fsp3) is 0.167. The van der Waals surface area contributed by atoms with Crippen LogP contribution >= 0.6 is 11.8 Å². The summed E-state index contributed by atoms with van der Waals surface area (Å²) in [4.78, 5) is 15.7. The van der Waals surface area contributed by atoms with E-state index in [9.17, 15) is 0 Å². The quantitative estimate of drug-likeness (QED) is 0.681. The predicted octanol–water partition coefficient (Wildman–Crippen LogP) is -0.244. The van der Waals surface area contributed by atoms with Gasteiger partial charge in [0.15, 0.2) is 5.16 Å². The first kappa shape index (κ1) is 8.88. The molecule has 8 heteroatoms. The molecule has 0 radical (unpaired) electrons. The summed E-state index contributed by atoms with van der Waals surface area (Å²) in [7, 11) is 0. The molecule has 14 heavy (non-hydrogen) atoms. The van der Waals surface area contributed by atoms with Crippen LogP contribution in [-0.2, 0) is 0 Å². The van der Waals surface area contributed by atoms with E-state index in [0.717, 1.165) is 0 Å². The molecule has 0 atom stereocenters. The summed E-state index contributed by atoms with van der Waals surface area (Å²) in [6.45, 7) is 0. The van der Waals surface area contributed by atoms with E-state index >= 15 is 0 Å². The number of hydrogen-bond acceptors (Lipinski definition) is 7. The van der Waals surface area contributed by atoms with Crippen LogP contribution in [0.3, 0.4) is 0 Å². The summed E-state index contributed by atoms with van der Waals surface area (Å²) < 4.78 is 1.43. The van der Waals surface area contributed by atoms with Gasteiger partial charge in [-0.3, -0.25) is 0 Å². The average molecular weight is 209 g/mol. The highest BCUT2D eigenvalue weighted by atomic mass is 32.2. The van der Waals surface area contributed by atoms with Crippen molar-refractivity contribution in [3.63, 3.8) is 0 Å². The Hall–Kier alpha value is -1.70. The van der Waals surface area contributed by atoms with Crippen molar-refractivity contribution in [3.05, 3.63) is 12.7 Å². The maximum absolute atomic E-state index is 5.50. The lowest BCUT2D eigenvalue weighted by Crippen LogP contribution is -2.07. The van der Waals surface area contributed by atoms with Gasteiger partial charge in [-0.15, -0.1) is 0 Å². The fourth-order valence-corrected chi connectivity index (χ4v) is 1.22. The van der Waals surface area contributed by atoms with E-state index in [1.165, 1.54) is 29.1 Å². The Bertz CT molecular complexity index is 426. The number of anilines is 1. The molecule has 0 unspecified atom stereocenters. The molecule has 0 bridgehead atoms. The third kappa shape index (κ3) is 1.64. The predicted molar refractivity (Wildman–Crippen MR) is 50.9 cm³/mol. The van der Waals surface area contributed by atoms with E-state index in [-0.39, 0.29) is 5.95 Å². The van der Waals surface area contributed by atoms with Crippen LogP contribution in [-0.4, -0.2) is 36.0 Å². The lowest BCUT2D eigenvalue weighted by atomic mass is 10.9. The Morgan fingerprint density at radius 1 is 1.36 bits per heavy atom. The van der Waals surface area contributed by atoms with Crippen molar-refractivity contribution >= 4 is 17.7 Å². The zero-order valence-electron chi connectivity index (χ0n) is 7.32. The van der Waals surface area contributed by atoms with Crippen LogP contribution in [0.5, 0.6) is 0 Å². The van der Waals surface area contributed by atoms with Crippen LogP contribution in [0.25, 0.3) is 5.95 Å². The molecule has 0 saturated carbocycles. The third-order valence-corrected chi connectivity index (χ3v) is 1.97. The molecular formula is C6H7N7S.